The first kappa shape index (κ1) is 11.6. The van der Waals surface area contributed by atoms with Gasteiger partial charge in [0.25, 0.3) is 0 Å². The summed E-state index contributed by atoms with van der Waals surface area (Å²) in [5, 5.41) is 0. The molecule has 1 N–H and O–H groups in total. The molecular weight excluding hydrogens is 246 g/mol. The molecule has 0 amide bonds. The van der Waals surface area contributed by atoms with Gasteiger partial charge in [0.2, 0.25) is 0 Å². The van der Waals surface area contributed by atoms with Gasteiger partial charge in [-0.05, 0) is 11.6 Å². The van der Waals surface area contributed by atoms with E-state index in [0.29, 0.717) is 16.9 Å². The highest BCUT2D eigenvalue weighted by Gasteiger charge is 2.07. The average molecular weight is 256 g/mol. The minimum atomic E-state index is -0.891. The van der Waals surface area contributed by atoms with Crippen molar-refractivity contribution in [2.45, 2.75) is 0 Å². The van der Waals surface area contributed by atoms with Crippen LogP contribution in [0.15, 0.2) is 42.5 Å². The number of fused-ring (bicyclic) bond motifs is 1. The van der Waals surface area contributed by atoms with E-state index in [4.69, 9.17) is 0 Å². The summed E-state index contributed by atoms with van der Waals surface area (Å²) in [4.78, 5) is 7.11. The number of nitrogens with one attached hydrogen (secondary N) is 1. The lowest BCUT2D eigenvalue weighted by Gasteiger charge is -1.90. The Bertz CT molecular complexity index is 706. The molecule has 1 heterocycles. The van der Waals surface area contributed by atoms with E-state index in [1.54, 1.807) is 6.08 Å². The molecule has 0 aliphatic heterocycles. The monoisotopic (exact) mass is 256 g/mol. The molecule has 0 atom stereocenters. The summed E-state index contributed by atoms with van der Waals surface area (Å²) in [6.07, 6.45) is 3.65. The van der Waals surface area contributed by atoms with Gasteiger partial charge in [-0.1, -0.05) is 36.4 Å². The summed E-state index contributed by atoms with van der Waals surface area (Å²) in [5.41, 5.74) is 1.92. The van der Waals surface area contributed by atoms with Crippen LogP contribution >= 0.6 is 0 Å². The molecule has 0 bridgehead atoms. The minimum absolute atomic E-state index is 0.409. The number of H-pyrrole nitrogens is 1. The largest absolute Gasteiger partial charge is 0.338 e. The molecule has 0 saturated heterocycles. The Morgan fingerprint density at radius 3 is 2.47 bits per heavy atom. The smallest absolute Gasteiger partial charge is 0.161 e. The lowest BCUT2D eigenvalue weighted by molar-refractivity contribution is 0.510. The normalized spacial score (nSPS) is 11.5. The highest BCUT2D eigenvalue weighted by molar-refractivity contribution is 5.78. The third-order valence-electron chi connectivity index (χ3n) is 2.78. The highest BCUT2D eigenvalue weighted by Crippen LogP contribution is 2.17. The summed E-state index contributed by atoms with van der Waals surface area (Å²) in [5.74, 6) is -1.21. The molecule has 94 valence electrons. The predicted molar refractivity (Wildman–Crippen MR) is 71.4 cm³/mol. The van der Waals surface area contributed by atoms with Gasteiger partial charge in [0, 0.05) is 12.1 Å². The van der Waals surface area contributed by atoms with Crippen molar-refractivity contribution in [1.82, 2.24) is 9.97 Å². The molecule has 0 radical (unpaired) electrons. The Morgan fingerprint density at radius 2 is 1.68 bits per heavy atom. The van der Waals surface area contributed by atoms with Crippen LogP contribution in [0.1, 0.15) is 11.4 Å². The number of imidazole rings is 1. The molecule has 1 aromatic heterocycles. The number of benzene rings is 2. The Morgan fingerprint density at radius 1 is 0.947 bits per heavy atom. The maximum Gasteiger partial charge on any atom is 0.161 e. The number of hydrogen-bond donors (Lipinski definition) is 1. The first-order chi connectivity index (χ1) is 9.22. The molecule has 0 saturated carbocycles. The molecule has 0 spiro atoms. The second-order valence-corrected chi connectivity index (χ2v) is 4.15. The van der Waals surface area contributed by atoms with Crippen molar-refractivity contribution in [2.75, 3.05) is 0 Å². The molecule has 0 aliphatic rings. The number of aromatic nitrogens is 2. The molecule has 0 fully saturated rings. The third kappa shape index (κ3) is 2.38. The van der Waals surface area contributed by atoms with Gasteiger partial charge in [0.15, 0.2) is 11.6 Å². The van der Waals surface area contributed by atoms with Crippen molar-refractivity contribution < 1.29 is 8.78 Å². The second-order valence-electron chi connectivity index (χ2n) is 4.15. The fraction of sp³-hybridized carbons (Fsp3) is 0. The molecule has 2 nitrogen and oxygen atoms in total. The third-order valence-corrected chi connectivity index (χ3v) is 2.78. The van der Waals surface area contributed by atoms with E-state index < -0.39 is 11.6 Å². The zero-order valence-electron chi connectivity index (χ0n) is 9.90. The van der Waals surface area contributed by atoms with Crippen molar-refractivity contribution in [2.24, 2.45) is 0 Å². The molecule has 0 aliphatic carbocycles. The maximum absolute atomic E-state index is 13.1. The molecule has 19 heavy (non-hydrogen) atoms. The summed E-state index contributed by atoms with van der Waals surface area (Å²) in [6.45, 7) is 0. The highest BCUT2D eigenvalue weighted by atomic mass is 19.2. The van der Waals surface area contributed by atoms with E-state index in [1.165, 1.54) is 0 Å². The summed E-state index contributed by atoms with van der Waals surface area (Å²) >= 11 is 0. The topological polar surface area (TPSA) is 28.7 Å². The zero-order chi connectivity index (χ0) is 13.2. The van der Waals surface area contributed by atoms with E-state index in [-0.39, 0.29) is 0 Å². The van der Waals surface area contributed by atoms with Gasteiger partial charge in [-0.3, -0.25) is 0 Å². The fourth-order valence-corrected chi connectivity index (χ4v) is 1.84. The van der Waals surface area contributed by atoms with Crippen LogP contribution in [0.2, 0.25) is 0 Å². The van der Waals surface area contributed by atoms with Gasteiger partial charge < -0.3 is 4.98 Å². The van der Waals surface area contributed by atoms with Gasteiger partial charge in [0.05, 0.1) is 11.0 Å². The van der Waals surface area contributed by atoms with E-state index in [1.807, 2.05) is 36.4 Å². The summed E-state index contributed by atoms with van der Waals surface area (Å²) < 4.78 is 26.1. The van der Waals surface area contributed by atoms with Crippen LogP contribution in [-0.2, 0) is 0 Å². The van der Waals surface area contributed by atoms with Crippen LogP contribution < -0.4 is 0 Å². The first-order valence-corrected chi connectivity index (χ1v) is 5.80. The van der Waals surface area contributed by atoms with Gasteiger partial charge in [-0.25, -0.2) is 13.8 Å². The number of aromatic amines is 1. The lowest BCUT2D eigenvalue weighted by atomic mass is 10.2. The zero-order valence-corrected chi connectivity index (χ0v) is 9.90. The van der Waals surface area contributed by atoms with Crippen molar-refractivity contribution in [3.8, 4) is 0 Å². The summed E-state index contributed by atoms with van der Waals surface area (Å²) in [6, 6.07) is 11.9. The summed E-state index contributed by atoms with van der Waals surface area (Å²) in [7, 11) is 0. The Kier molecular flexibility index (Phi) is 2.83. The molecule has 3 rings (SSSR count). The Labute approximate surface area is 108 Å². The predicted octanol–water partition coefficient (Wildman–Crippen LogP) is 4.01. The first-order valence-electron chi connectivity index (χ1n) is 5.80. The van der Waals surface area contributed by atoms with Crippen molar-refractivity contribution >= 4 is 23.2 Å². The van der Waals surface area contributed by atoms with Gasteiger partial charge >= 0.3 is 0 Å². The Balaban J connectivity index is 1.96. The Hall–Kier alpha value is -2.49. The van der Waals surface area contributed by atoms with Crippen LogP contribution in [0, 0.1) is 11.6 Å². The molecule has 4 heteroatoms. The number of halogens is 2. The molecular formula is C15H10F2N2. The van der Waals surface area contributed by atoms with Gasteiger partial charge in [0.1, 0.15) is 5.82 Å². The minimum Gasteiger partial charge on any atom is -0.338 e. The lowest BCUT2D eigenvalue weighted by Crippen LogP contribution is -1.82. The van der Waals surface area contributed by atoms with E-state index in [9.17, 15) is 8.78 Å². The SMILES string of the molecule is Fc1cc2nc(/C=C/c3ccccc3)[nH]c2cc1F. The van der Waals surface area contributed by atoms with Crippen LogP contribution in [0.4, 0.5) is 8.78 Å². The average Bonchev–Trinajstić information content (AvgIpc) is 2.80. The van der Waals surface area contributed by atoms with Crippen LogP contribution in [0.3, 0.4) is 0 Å². The van der Waals surface area contributed by atoms with Crippen LogP contribution in [0.5, 0.6) is 0 Å². The van der Waals surface area contributed by atoms with E-state index in [2.05, 4.69) is 9.97 Å². The van der Waals surface area contributed by atoms with Gasteiger partial charge in [-0.15, -0.1) is 0 Å². The van der Waals surface area contributed by atoms with E-state index >= 15 is 0 Å². The second kappa shape index (κ2) is 4.65. The fourth-order valence-electron chi connectivity index (χ4n) is 1.84. The molecule has 2 aromatic carbocycles. The van der Waals surface area contributed by atoms with Crippen molar-refractivity contribution in [3.63, 3.8) is 0 Å². The van der Waals surface area contributed by atoms with Crippen LogP contribution in [-0.4, -0.2) is 9.97 Å². The number of hydrogen-bond acceptors (Lipinski definition) is 1. The van der Waals surface area contributed by atoms with Crippen molar-refractivity contribution in [1.29, 1.82) is 0 Å². The standard InChI is InChI=1S/C15H10F2N2/c16-11-8-13-14(9-12(11)17)19-15(18-13)7-6-10-4-2-1-3-5-10/h1-9H,(H,18,19)/b7-6+. The number of rotatable bonds is 2. The van der Waals surface area contributed by atoms with Crippen LogP contribution in [0.25, 0.3) is 23.2 Å². The molecule has 0 unspecified atom stereocenters. The van der Waals surface area contributed by atoms with Crippen molar-refractivity contribution in [3.05, 3.63) is 65.5 Å². The van der Waals surface area contributed by atoms with E-state index in [0.717, 1.165) is 17.7 Å². The van der Waals surface area contributed by atoms with Gasteiger partial charge in [-0.2, -0.15) is 0 Å². The number of nitrogens with zero attached hydrogens (tertiary/aromatic N) is 1. The molecule has 3 aromatic rings. The quantitative estimate of drug-likeness (QED) is 0.737. The maximum atomic E-state index is 13.1.